The Morgan fingerprint density at radius 1 is 1.42 bits per heavy atom. The zero-order valence-corrected chi connectivity index (χ0v) is 12.5. The fourth-order valence-electron chi connectivity index (χ4n) is 1.62. The van der Waals surface area contributed by atoms with Crippen molar-refractivity contribution in [3.8, 4) is 0 Å². The molecule has 19 heavy (non-hydrogen) atoms. The van der Waals surface area contributed by atoms with E-state index in [9.17, 15) is 12.8 Å². The lowest BCUT2D eigenvalue weighted by atomic mass is 10.2. The summed E-state index contributed by atoms with van der Waals surface area (Å²) < 4.78 is 35.8. The van der Waals surface area contributed by atoms with Crippen LogP contribution in [0.3, 0.4) is 0 Å². The number of nitrogens with one attached hydrogen (secondary N) is 1. The Bertz CT molecular complexity index is 542. The molecule has 1 aromatic rings. The van der Waals surface area contributed by atoms with Gasteiger partial charge in [0, 0.05) is 29.5 Å². The van der Waals surface area contributed by atoms with Crippen LogP contribution in [0.4, 0.5) is 4.39 Å². The Labute approximate surface area is 117 Å². The Morgan fingerprint density at radius 2 is 2.16 bits per heavy atom. The molecule has 0 aliphatic heterocycles. The highest BCUT2D eigenvalue weighted by molar-refractivity contribution is 8.00. The van der Waals surface area contributed by atoms with E-state index in [1.54, 1.807) is 6.07 Å². The third kappa shape index (κ3) is 5.50. The van der Waals surface area contributed by atoms with Crippen LogP contribution in [0.2, 0.25) is 0 Å². The van der Waals surface area contributed by atoms with E-state index in [1.165, 1.54) is 36.9 Å². The van der Waals surface area contributed by atoms with Crippen LogP contribution in [-0.2, 0) is 16.4 Å². The summed E-state index contributed by atoms with van der Waals surface area (Å²) in [7, 11) is -2.98. The highest BCUT2D eigenvalue weighted by Gasteiger charge is 2.20. The van der Waals surface area contributed by atoms with Crippen LogP contribution in [0.1, 0.15) is 18.4 Å². The van der Waals surface area contributed by atoms with Gasteiger partial charge in [0.25, 0.3) is 0 Å². The number of rotatable bonds is 7. The van der Waals surface area contributed by atoms with Gasteiger partial charge in [0.2, 0.25) is 0 Å². The molecule has 6 heteroatoms. The maximum absolute atomic E-state index is 13.8. The monoisotopic (exact) mass is 303 g/mol. The molecular weight excluding hydrogens is 285 g/mol. The molecule has 1 fully saturated rings. The second kappa shape index (κ2) is 6.24. The topological polar surface area (TPSA) is 46.2 Å². The van der Waals surface area contributed by atoms with Crippen molar-refractivity contribution in [2.24, 2.45) is 0 Å². The smallest absolute Gasteiger partial charge is 0.148 e. The summed E-state index contributed by atoms with van der Waals surface area (Å²) in [6.45, 7) is 0.690. The van der Waals surface area contributed by atoms with Gasteiger partial charge >= 0.3 is 0 Å². The third-order valence-electron chi connectivity index (χ3n) is 2.88. The van der Waals surface area contributed by atoms with E-state index in [1.807, 2.05) is 6.07 Å². The normalized spacial score (nSPS) is 15.7. The number of hydrogen-bond donors (Lipinski definition) is 1. The summed E-state index contributed by atoms with van der Waals surface area (Å²) in [6.07, 6.45) is 3.61. The third-order valence-corrected chi connectivity index (χ3v) is 5.13. The molecule has 1 N–H and O–H groups in total. The van der Waals surface area contributed by atoms with Crippen molar-refractivity contribution in [2.45, 2.75) is 30.3 Å². The molecule has 106 valence electrons. The largest absolute Gasteiger partial charge is 0.310 e. The Hall–Kier alpha value is -0.590. The summed E-state index contributed by atoms with van der Waals surface area (Å²) in [5.41, 5.74) is 0.928. The fourth-order valence-corrected chi connectivity index (χ4v) is 3.75. The molecule has 0 spiro atoms. The van der Waals surface area contributed by atoms with Gasteiger partial charge in [-0.15, -0.1) is 11.8 Å². The van der Waals surface area contributed by atoms with E-state index in [2.05, 4.69) is 5.32 Å². The summed E-state index contributed by atoms with van der Waals surface area (Å²) in [5.74, 6) is 0.186. The molecule has 0 saturated heterocycles. The van der Waals surface area contributed by atoms with Gasteiger partial charge < -0.3 is 5.32 Å². The van der Waals surface area contributed by atoms with Gasteiger partial charge in [-0.1, -0.05) is 6.07 Å². The minimum absolute atomic E-state index is 0.0715. The van der Waals surface area contributed by atoms with E-state index in [4.69, 9.17) is 0 Å². The first-order valence-electron chi connectivity index (χ1n) is 6.26. The number of benzene rings is 1. The lowest BCUT2D eigenvalue weighted by Crippen LogP contribution is -2.15. The van der Waals surface area contributed by atoms with Crippen LogP contribution >= 0.6 is 11.8 Å². The zero-order chi connectivity index (χ0) is 13.9. The lowest BCUT2D eigenvalue weighted by Gasteiger charge is -2.07. The van der Waals surface area contributed by atoms with Gasteiger partial charge in [0.05, 0.1) is 5.75 Å². The predicted molar refractivity (Wildman–Crippen MR) is 76.7 cm³/mol. The molecule has 1 aromatic carbocycles. The van der Waals surface area contributed by atoms with Crippen molar-refractivity contribution in [3.05, 3.63) is 29.6 Å². The first-order valence-corrected chi connectivity index (χ1v) is 9.31. The summed E-state index contributed by atoms with van der Waals surface area (Å²) in [4.78, 5) is 0.513. The number of thioether (sulfide) groups is 1. The highest BCUT2D eigenvalue weighted by Crippen LogP contribution is 2.24. The first-order chi connectivity index (χ1) is 8.94. The van der Waals surface area contributed by atoms with Crippen LogP contribution < -0.4 is 5.32 Å². The molecule has 3 nitrogen and oxygen atoms in total. The second-order valence-electron chi connectivity index (χ2n) is 4.90. The summed E-state index contributed by atoms with van der Waals surface area (Å²) >= 11 is 1.24. The van der Waals surface area contributed by atoms with Crippen molar-refractivity contribution in [1.29, 1.82) is 0 Å². The minimum Gasteiger partial charge on any atom is -0.310 e. The van der Waals surface area contributed by atoms with Crippen LogP contribution in [-0.4, -0.2) is 32.2 Å². The Morgan fingerprint density at radius 3 is 2.74 bits per heavy atom. The molecule has 0 heterocycles. The van der Waals surface area contributed by atoms with E-state index >= 15 is 0 Å². The standard InChI is InChI=1S/C13H18FNO2S2/c1-19(16,17)7-6-18-13-5-2-10(8-12(13)14)9-15-11-3-4-11/h2,5,8,11,15H,3-4,6-7,9H2,1H3. The number of halogens is 1. The number of hydrogen-bond acceptors (Lipinski definition) is 4. The summed E-state index contributed by atoms with van der Waals surface area (Å²) in [6, 6.07) is 5.75. The van der Waals surface area contributed by atoms with Gasteiger partial charge in [-0.2, -0.15) is 0 Å². The van der Waals surface area contributed by atoms with Crippen LogP contribution in [0.25, 0.3) is 0 Å². The van der Waals surface area contributed by atoms with Crippen molar-refractivity contribution in [3.63, 3.8) is 0 Å². The van der Waals surface area contributed by atoms with Crippen LogP contribution in [0, 0.1) is 5.82 Å². The number of sulfone groups is 1. The fraction of sp³-hybridized carbons (Fsp3) is 0.538. The molecule has 0 amide bonds. The molecule has 1 aliphatic carbocycles. The molecule has 2 rings (SSSR count). The van der Waals surface area contributed by atoms with Gasteiger partial charge in [-0.25, -0.2) is 12.8 Å². The molecule has 0 unspecified atom stereocenters. The molecule has 1 aliphatic rings. The molecule has 0 bridgehead atoms. The first kappa shape index (κ1) is 14.8. The SMILES string of the molecule is CS(=O)(=O)CCSc1ccc(CNC2CC2)cc1F. The van der Waals surface area contributed by atoms with Gasteiger partial charge in [0.1, 0.15) is 15.7 Å². The molecule has 1 saturated carbocycles. The average molecular weight is 303 g/mol. The Balaban J connectivity index is 1.86. The van der Waals surface area contributed by atoms with Gasteiger partial charge in [0.15, 0.2) is 0 Å². The maximum Gasteiger partial charge on any atom is 0.148 e. The predicted octanol–water partition coefficient (Wildman–Crippen LogP) is 2.21. The molecule has 0 aromatic heterocycles. The molecule has 0 radical (unpaired) electrons. The van der Waals surface area contributed by atoms with E-state index in [-0.39, 0.29) is 11.6 Å². The van der Waals surface area contributed by atoms with E-state index in [0.29, 0.717) is 23.2 Å². The molecular formula is C13H18FNO2S2. The lowest BCUT2D eigenvalue weighted by molar-refractivity contribution is 0.594. The highest BCUT2D eigenvalue weighted by atomic mass is 32.2. The summed E-state index contributed by atoms with van der Waals surface area (Å²) in [5, 5.41) is 3.33. The van der Waals surface area contributed by atoms with Crippen molar-refractivity contribution >= 4 is 21.6 Å². The van der Waals surface area contributed by atoms with Crippen molar-refractivity contribution in [2.75, 3.05) is 17.8 Å². The van der Waals surface area contributed by atoms with E-state index in [0.717, 1.165) is 5.56 Å². The maximum atomic E-state index is 13.8. The average Bonchev–Trinajstić information content (AvgIpc) is 3.11. The van der Waals surface area contributed by atoms with E-state index < -0.39 is 9.84 Å². The van der Waals surface area contributed by atoms with Crippen molar-refractivity contribution in [1.82, 2.24) is 5.32 Å². The Kier molecular flexibility index (Phi) is 4.86. The van der Waals surface area contributed by atoms with Gasteiger partial charge in [-0.05, 0) is 30.5 Å². The van der Waals surface area contributed by atoms with Crippen LogP contribution in [0.15, 0.2) is 23.1 Å². The second-order valence-corrected chi connectivity index (χ2v) is 8.29. The molecule has 0 atom stereocenters. The van der Waals surface area contributed by atoms with Crippen molar-refractivity contribution < 1.29 is 12.8 Å². The van der Waals surface area contributed by atoms with Gasteiger partial charge in [-0.3, -0.25) is 0 Å². The zero-order valence-electron chi connectivity index (χ0n) is 10.9. The van der Waals surface area contributed by atoms with Crippen LogP contribution in [0.5, 0.6) is 0 Å². The quantitative estimate of drug-likeness (QED) is 0.785. The minimum atomic E-state index is -2.98.